The summed E-state index contributed by atoms with van der Waals surface area (Å²) >= 11 is 0. The van der Waals surface area contributed by atoms with Crippen LogP contribution >= 0.6 is 0 Å². The number of hydrogen-bond donors (Lipinski definition) is 0. The lowest BCUT2D eigenvalue weighted by atomic mass is 9.91. The number of aromatic nitrogens is 1. The van der Waals surface area contributed by atoms with Gasteiger partial charge >= 0.3 is 5.63 Å². The van der Waals surface area contributed by atoms with E-state index >= 15 is 0 Å². The van der Waals surface area contributed by atoms with Gasteiger partial charge in [-0.15, -0.1) is 0 Å². The molecular weight excluding hydrogens is 586 g/mol. The normalized spacial score (nSPS) is 12.0. The van der Waals surface area contributed by atoms with Gasteiger partial charge in [-0.25, -0.2) is 4.79 Å². The van der Waals surface area contributed by atoms with E-state index in [1.165, 1.54) is 0 Å². The lowest BCUT2D eigenvalue weighted by molar-refractivity contribution is 0.284. The molecule has 1 aliphatic heterocycles. The van der Waals surface area contributed by atoms with Crippen molar-refractivity contribution in [2.24, 2.45) is 0 Å². The van der Waals surface area contributed by atoms with Crippen molar-refractivity contribution in [1.82, 2.24) is 4.57 Å². The first-order valence-electron chi connectivity index (χ1n) is 14.8. The summed E-state index contributed by atoms with van der Waals surface area (Å²) in [6.45, 7) is 0.891. The van der Waals surface area contributed by atoms with E-state index in [9.17, 15) is 4.79 Å². The molecule has 0 saturated heterocycles. The third-order valence-electron chi connectivity index (χ3n) is 8.57. The Kier molecular flexibility index (Phi) is 7.44. The average molecular weight is 620 g/mol. The van der Waals surface area contributed by atoms with Gasteiger partial charge < -0.3 is 37.4 Å². The predicted octanol–water partition coefficient (Wildman–Crippen LogP) is 7.26. The minimum Gasteiger partial charge on any atom is -0.493 e. The fourth-order valence-electron chi connectivity index (χ4n) is 6.43. The summed E-state index contributed by atoms with van der Waals surface area (Å²) in [6, 6.07) is 23.2. The van der Waals surface area contributed by atoms with Crippen molar-refractivity contribution >= 4 is 21.9 Å². The molecule has 9 nitrogen and oxygen atoms in total. The van der Waals surface area contributed by atoms with E-state index in [0.29, 0.717) is 70.6 Å². The largest absolute Gasteiger partial charge is 0.493 e. The zero-order chi connectivity index (χ0) is 31.9. The molecule has 2 aromatic heterocycles. The fourth-order valence-corrected chi connectivity index (χ4v) is 6.43. The van der Waals surface area contributed by atoms with Gasteiger partial charge in [-0.2, -0.15) is 0 Å². The van der Waals surface area contributed by atoms with Crippen LogP contribution < -0.4 is 34.0 Å². The van der Waals surface area contributed by atoms with Crippen LogP contribution in [-0.2, 0) is 19.6 Å². The Labute approximate surface area is 265 Å². The van der Waals surface area contributed by atoms with Gasteiger partial charge in [0.25, 0.3) is 0 Å². The van der Waals surface area contributed by atoms with Crippen molar-refractivity contribution in [3.05, 3.63) is 94.3 Å². The number of rotatable bonds is 9. The van der Waals surface area contributed by atoms with Gasteiger partial charge in [0.15, 0.2) is 34.5 Å². The Morgan fingerprint density at radius 2 is 1.39 bits per heavy atom. The van der Waals surface area contributed by atoms with Crippen molar-refractivity contribution < 1.29 is 32.8 Å². The van der Waals surface area contributed by atoms with Crippen LogP contribution in [0.4, 0.5) is 0 Å². The predicted molar refractivity (Wildman–Crippen MR) is 176 cm³/mol. The average Bonchev–Trinajstić information content (AvgIpc) is 3.46. The summed E-state index contributed by atoms with van der Waals surface area (Å²) in [6.07, 6.45) is 0.685. The molecule has 7 rings (SSSR count). The van der Waals surface area contributed by atoms with E-state index in [0.717, 1.165) is 38.9 Å². The monoisotopic (exact) mass is 619 g/mol. The van der Waals surface area contributed by atoms with Crippen LogP contribution in [0.2, 0.25) is 0 Å². The number of nitrogens with zero attached hydrogens (tertiary/aromatic N) is 1. The minimum absolute atomic E-state index is 0.328. The molecule has 0 fully saturated rings. The molecule has 46 heavy (non-hydrogen) atoms. The van der Waals surface area contributed by atoms with Crippen molar-refractivity contribution in [3.8, 4) is 56.9 Å². The third-order valence-corrected chi connectivity index (χ3v) is 8.57. The van der Waals surface area contributed by atoms with Gasteiger partial charge in [-0.05, 0) is 53.4 Å². The van der Waals surface area contributed by atoms with Gasteiger partial charge in [0.1, 0.15) is 17.7 Å². The molecular formula is C37H33NO8. The number of benzene rings is 4. The van der Waals surface area contributed by atoms with Crippen molar-refractivity contribution in [2.75, 3.05) is 35.5 Å². The molecule has 0 N–H and O–H groups in total. The van der Waals surface area contributed by atoms with Gasteiger partial charge in [0, 0.05) is 34.5 Å². The SMILES string of the molecule is COc1ccc(-c2c3n(c4c(=O)oc5cc(OCc6ccccc6)c(OC)cc5c24)CCc2cc(OC)c(OC)cc2-3)cc1OC. The van der Waals surface area contributed by atoms with Gasteiger partial charge in [-0.1, -0.05) is 36.4 Å². The van der Waals surface area contributed by atoms with Gasteiger partial charge in [0.05, 0.1) is 41.2 Å². The number of hydrogen-bond acceptors (Lipinski definition) is 8. The summed E-state index contributed by atoms with van der Waals surface area (Å²) in [5, 5.41) is 1.45. The Balaban J connectivity index is 1.55. The molecule has 0 saturated carbocycles. The van der Waals surface area contributed by atoms with Crippen molar-refractivity contribution in [1.29, 1.82) is 0 Å². The molecule has 6 aromatic rings. The first-order chi connectivity index (χ1) is 22.5. The molecule has 0 atom stereocenters. The van der Waals surface area contributed by atoms with Crippen LogP contribution in [-0.4, -0.2) is 40.1 Å². The van der Waals surface area contributed by atoms with Gasteiger partial charge in [0.2, 0.25) is 0 Å². The molecule has 234 valence electrons. The maximum atomic E-state index is 14.0. The number of fused-ring (bicyclic) bond motifs is 7. The summed E-state index contributed by atoms with van der Waals surface area (Å²) in [7, 11) is 8.05. The molecule has 3 heterocycles. The topological polar surface area (TPSA) is 90.5 Å². The first kappa shape index (κ1) is 29.2. The van der Waals surface area contributed by atoms with E-state index in [2.05, 4.69) is 0 Å². The summed E-state index contributed by atoms with van der Waals surface area (Å²) in [5.41, 5.74) is 5.99. The first-order valence-corrected chi connectivity index (χ1v) is 14.8. The van der Waals surface area contributed by atoms with Crippen LogP contribution in [0.5, 0.6) is 34.5 Å². The Bertz CT molecular complexity index is 2160. The van der Waals surface area contributed by atoms with Crippen LogP contribution in [0, 0.1) is 0 Å². The molecule has 4 aromatic carbocycles. The molecule has 0 bridgehead atoms. The summed E-state index contributed by atoms with van der Waals surface area (Å²) in [5.74, 6) is 3.40. The van der Waals surface area contributed by atoms with E-state index in [-0.39, 0.29) is 0 Å². The molecule has 0 unspecified atom stereocenters. The quantitative estimate of drug-likeness (QED) is 0.156. The van der Waals surface area contributed by atoms with E-state index in [1.807, 2.05) is 71.3 Å². The highest BCUT2D eigenvalue weighted by molar-refractivity contribution is 6.17. The maximum Gasteiger partial charge on any atom is 0.361 e. The highest BCUT2D eigenvalue weighted by Gasteiger charge is 2.31. The molecule has 0 spiro atoms. The van der Waals surface area contributed by atoms with E-state index in [4.69, 9.17) is 32.8 Å². The number of methoxy groups -OCH3 is 5. The number of aryl methyl sites for hydroxylation is 2. The smallest absolute Gasteiger partial charge is 0.361 e. The Hall–Kier alpha value is -5.57. The molecule has 0 amide bonds. The second-order valence-corrected chi connectivity index (χ2v) is 10.9. The minimum atomic E-state index is -0.446. The van der Waals surface area contributed by atoms with Crippen LogP contribution in [0.1, 0.15) is 11.1 Å². The molecule has 0 aliphatic carbocycles. The van der Waals surface area contributed by atoms with E-state index in [1.54, 1.807) is 41.6 Å². The van der Waals surface area contributed by atoms with Gasteiger partial charge in [-0.3, -0.25) is 0 Å². The molecule has 9 heteroatoms. The van der Waals surface area contributed by atoms with Crippen molar-refractivity contribution in [2.45, 2.75) is 19.6 Å². The second-order valence-electron chi connectivity index (χ2n) is 10.9. The van der Waals surface area contributed by atoms with Crippen LogP contribution in [0.15, 0.2) is 82.0 Å². The number of ether oxygens (including phenoxy) is 6. The lowest BCUT2D eigenvalue weighted by Crippen LogP contribution is -2.15. The second kappa shape index (κ2) is 11.7. The Morgan fingerprint density at radius 1 is 0.717 bits per heavy atom. The van der Waals surface area contributed by atoms with Crippen LogP contribution in [0.25, 0.3) is 44.3 Å². The fraction of sp³-hybridized carbons (Fsp3) is 0.216. The third kappa shape index (κ3) is 4.67. The lowest BCUT2D eigenvalue weighted by Gasteiger charge is -2.23. The van der Waals surface area contributed by atoms with E-state index < -0.39 is 5.63 Å². The highest BCUT2D eigenvalue weighted by atomic mass is 16.5. The Morgan fingerprint density at radius 3 is 2.11 bits per heavy atom. The highest BCUT2D eigenvalue weighted by Crippen LogP contribution is 2.50. The summed E-state index contributed by atoms with van der Waals surface area (Å²) < 4.78 is 42.7. The summed E-state index contributed by atoms with van der Waals surface area (Å²) in [4.78, 5) is 14.0. The molecule has 1 aliphatic rings. The molecule has 0 radical (unpaired) electrons. The zero-order valence-electron chi connectivity index (χ0n) is 26.3. The maximum absolute atomic E-state index is 14.0. The van der Waals surface area contributed by atoms with Crippen molar-refractivity contribution in [3.63, 3.8) is 0 Å². The zero-order valence-corrected chi connectivity index (χ0v) is 26.3. The van der Waals surface area contributed by atoms with Crippen LogP contribution in [0.3, 0.4) is 0 Å². The standard InChI is InChI=1S/C37H33NO8/c1-40-26-12-11-23(16-28(26)41-2)33-34-25-18-31(44-5)32(45-20-21-9-7-6-8-10-21)19-27(25)46-37(39)36(34)38-14-13-22-15-29(42-3)30(43-4)17-24(22)35(33)38/h6-12,15-19H,13-14,20H2,1-5H3.